The topological polar surface area (TPSA) is 31.0 Å². The molecule has 0 spiro atoms. The molecule has 0 aromatic rings. The zero-order chi connectivity index (χ0) is 13.5. The van der Waals surface area contributed by atoms with E-state index >= 15 is 0 Å². The first kappa shape index (κ1) is 15.9. The summed E-state index contributed by atoms with van der Waals surface area (Å²) in [5.74, 6) is 0. The first-order chi connectivity index (χ1) is 8.66. The molecule has 108 valence electrons. The van der Waals surface area contributed by atoms with Gasteiger partial charge in [0.25, 0.3) is 0 Å². The van der Waals surface area contributed by atoms with Crippen LogP contribution in [0.15, 0.2) is 0 Å². The summed E-state index contributed by atoms with van der Waals surface area (Å²) in [6.45, 7) is 12.9. The van der Waals surface area contributed by atoms with Gasteiger partial charge in [-0.3, -0.25) is 0 Å². The molecule has 18 heavy (non-hydrogen) atoms. The molecule has 0 aliphatic carbocycles. The van der Waals surface area contributed by atoms with Gasteiger partial charge in [-0.25, -0.2) is 0 Å². The summed E-state index contributed by atoms with van der Waals surface area (Å²) in [6, 6.07) is 0. The standard InChI is InChI=1S/C11H20O3.C4H10/c1-3-10(5-12-6-10)7-13-8-11(4-2)9-14-11;1-3-4-2/h3-9H2,1-2H3;3-4H2,1-2H3. The van der Waals surface area contributed by atoms with E-state index < -0.39 is 0 Å². The van der Waals surface area contributed by atoms with Gasteiger partial charge in [0.15, 0.2) is 0 Å². The Morgan fingerprint density at radius 3 is 1.78 bits per heavy atom. The molecular formula is C15H30O3. The Morgan fingerprint density at radius 2 is 1.50 bits per heavy atom. The van der Waals surface area contributed by atoms with Crippen molar-refractivity contribution < 1.29 is 14.2 Å². The summed E-state index contributed by atoms with van der Waals surface area (Å²) < 4.78 is 16.4. The van der Waals surface area contributed by atoms with E-state index in [1.807, 2.05) is 0 Å². The predicted octanol–water partition coefficient (Wildman–Crippen LogP) is 3.42. The van der Waals surface area contributed by atoms with Crippen LogP contribution in [0.5, 0.6) is 0 Å². The number of hydrogen-bond donors (Lipinski definition) is 0. The van der Waals surface area contributed by atoms with Crippen LogP contribution in [0.1, 0.15) is 53.4 Å². The average molecular weight is 258 g/mol. The maximum absolute atomic E-state index is 5.74. The predicted molar refractivity (Wildman–Crippen MR) is 73.9 cm³/mol. The van der Waals surface area contributed by atoms with E-state index in [0.29, 0.717) is 5.41 Å². The zero-order valence-corrected chi connectivity index (χ0v) is 12.6. The van der Waals surface area contributed by atoms with E-state index in [2.05, 4.69) is 27.7 Å². The average Bonchev–Trinajstić information content (AvgIpc) is 3.14. The van der Waals surface area contributed by atoms with Crippen molar-refractivity contribution in [3.63, 3.8) is 0 Å². The third-order valence-electron chi connectivity index (χ3n) is 4.04. The summed E-state index contributed by atoms with van der Waals surface area (Å²) in [7, 11) is 0. The summed E-state index contributed by atoms with van der Waals surface area (Å²) >= 11 is 0. The third-order valence-corrected chi connectivity index (χ3v) is 4.04. The van der Waals surface area contributed by atoms with Crippen molar-refractivity contribution in [2.75, 3.05) is 33.0 Å². The Balaban J connectivity index is 0.000000357. The lowest BCUT2D eigenvalue weighted by atomic mass is 9.84. The Labute approximate surface area is 112 Å². The van der Waals surface area contributed by atoms with Crippen molar-refractivity contribution in [2.24, 2.45) is 5.41 Å². The molecule has 0 amide bonds. The maximum atomic E-state index is 5.74. The molecule has 1 unspecified atom stereocenters. The second kappa shape index (κ2) is 7.46. The van der Waals surface area contributed by atoms with Gasteiger partial charge in [0.1, 0.15) is 5.60 Å². The molecule has 0 radical (unpaired) electrons. The summed E-state index contributed by atoms with van der Waals surface area (Å²) in [4.78, 5) is 0. The van der Waals surface area contributed by atoms with Crippen LogP contribution in [0.4, 0.5) is 0 Å². The van der Waals surface area contributed by atoms with Gasteiger partial charge in [-0.05, 0) is 12.8 Å². The molecule has 0 aromatic carbocycles. The second-order valence-corrected chi connectivity index (χ2v) is 5.66. The number of ether oxygens (including phenoxy) is 3. The number of rotatable bonds is 7. The van der Waals surface area contributed by atoms with E-state index in [0.717, 1.165) is 45.9 Å². The Hall–Kier alpha value is -0.120. The largest absolute Gasteiger partial charge is 0.380 e. The van der Waals surface area contributed by atoms with Crippen LogP contribution in [-0.2, 0) is 14.2 Å². The number of hydrogen-bond acceptors (Lipinski definition) is 3. The highest BCUT2D eigenvalue weighted by molar-refractivity contribution is 4.91. The van der Waals surface area contributed by atoms with Gasteiger partial charge in [-0.15, -0.1) is 0 Å². The Kier molecular flexibility index (Phi) is 6.61. The maximum Gasteiger partial charge on any atom is 0.115 e. The molecule has 2 aliphatic rings. The first-order valence-electron chi connectivity index (χ1n) is 7.45. The second-order valence-electron chi connectivity index (χ2n) is 5.66. The van der Waals surface area contributed by atoms with Crippen molar-refractivity contribution in [2.45, 2.75) is 59.0 Å². The highest BCUT2D eigenvalue weighted by Gasteiger charge is 2.44. The minimum atomic E-state index is 0.0690. The molecular weight excluding hydrogens is 228 g/mol. The highest BCUT2D eigenvalue weighted by Crippen LogP contribution is 2.34. The molecule has 0 N–H and O–H groups in total. The van der Waals surface area contributed by atoms with Crippen LogP contribution >= 0.6 is 0 Å². The van der Waals surface area contributed by atoms with Gasteiger partial charge < -0.3 is 14.2 Å². The lowest BCUT2D eigenvalue weighted by molar-refractivity contribution is -0.153. The summed E-state index contributed by atoms with van der Waals surface area (Å²) in [6.07, 6.45) is 4.84. The van der Waals surface area contributed by atoms with Crippen LogP contribution in [-0.4, -0.2) is 38.6 Å². The third kappa shape index (κ3) is 4.52. The quantitative estimate of drug-likeness (QED) is 0.656. The lowest BCUT2D eigenvalue weighted by Crippen LogP contribution is -2.46. The minimum absolute atomic E-state index is 0.0690. The fourth-order valence-corrected chi connectivity index (χ4v) is 1.73. The number of epoxide rings is 1. The molecule has 2 fully saturated rings. The molecule has 1 atom stereocenters. The molecule has 2 heterocycles. The van der Waals surface area contributed by atoms with Crippen LogP contribution in [0.3, 0.4) is 0 Å². The van der Waals surface area contributed by atoms with E-state index in [9.17, 15) is 0 Å². The van der Waals surface area contributed by atoms with Gasteiger partial charge in [-0.1, -0.05) is 40.5 Å². The van der Waals surface area contributed by atoms with Gasteiger partial charge >= 0.3 is 0 Å². The fraction of sp³-hybridized carbons (Fsp3) is 1.00. The molecule has 0 aromatic heterocycles. The smallest absolute Gasteiger partial charge is 0.115 e. The SMILES string of the molecule is CCC1(COCC2(CC)CO2)COC1.CCCC. The van der Waals surface area contributed by atoms with Gasteiger partial charge in [-0.2, -0.15) is 0 Å². The Morgan fingerprint density at radius 1 is 0.889 bits per heavy atom. The molecule has 3 heteroatoms. The summed E-state index contributed by atoms with van der Waals surface area (Å²) in [5, 5.41) is 0. The van der Waals surface area contributed by atoms with Gasteiger partial charge in [0.05, 0.1) is 33.0 Å². The molecule has 3 nitrogen and oxygen atoms in total. The van der Waals surface area contributed by atoms with Crippen molar-refractivity contribution in [1.82, 2.24) is 0 Å². The molecule has 0 saturated carbocycles. The van der Waals surface area contributed by atoms with Gasteiger partial charge in [0, 0.05) is 5.41 Å². The van der Waals surface area contributed by atoms with Crippen LogP contribution < -0.4 is 0 Å². The lowest BCUT2D eigenvalue weighted by Gasteiger charge is -2.40. The monoisotopic (exact) mass is 258 g/mol. The Bertz CT molecular complexity index is 212. The van der Waals surface area contributed by atoms with Gasteiger partial charge in [0.2, 0.25) is 0 Å². The molecule has 2 aliphatic heterocycles. The van der Waals surface area contributed by atoms with Crippen molar-refractivity contribution in [3.8, 4) is 0 Å². The first-order valence-corrected chi connectivity index (χ1v) is 7.45. The van der Waals surface area contributed by atoms with E-state index in [4.69, 9.17) is 14.2 Å². The van der Waals surface area contributed by atoms with Crippen LogP contribution in [0.25, 0.3) is 0 Å². The number of unbranched alkanes of at least 4 members (excludes halogenated alkanes) is 1. The zero-order valence-electron chi connectivity index (χ0n) is 12.6. The minimum Gasteiger partial charge on any atom is -0.380 e. The van der Waals surface area contributed by atoms with Crippen molar-refractivity contribution >= 4 is 0 Å². The van der Waals surface area contributed by atoms with E-state index in [1.165, 1.54) is 12.8 Å². The van der Waals surface area contributed by atoms with E-state index in [-0.39, 0.29) is 5.60 Å². The van der Waals surface area contributed by atoms with Crippen LogP contribution in [0, 0.1) is 5.41 Å². The fourth-order valence-electron chi connectivity index (χ4n) is 1.73. The molecule has 2 rings (SSSR count). The highest BCUT2D eigenvalue weighted by atomic mass is 16.6. The van der Waals surface area contributed by atoms with Crippen molar-refractivity contribution in [3.05, 3.63) is 0 Å². The molecule has 0 bridgehead atoms. The normalized spacial score (nSPS) is 28.0. The van der Waals surface area contributed by atoms with E-state index in [1.54, 1.807) is 0 Å². The van der Waals surface area contributed by atoms with Crippen molar-refractivity contribution in [1.29, 1.82) is 0 Å². The summed E-state index contributed by atoms with van der Waals surface area (Å²) in [5.41, 5.74) is 0.378. The molecule has 2 saturated heterocycles. The van der Waals surface area contributed by atoms with Crippen LogP contribution in [0.2, 0.25) is 0 Å².